The first-order chi connectivity index (χ1) is 3.72. The third kappa shape index (κ3) is 3.85. The smallest absolute Gasteiger partial charge is 0.351 e. The van der Waals surface area contributed by atoms with Gasteiger partial charge in [-0.25, -0.2) is 4.79 Å². The topological polar surface area (TPSA) is 49.3 Å². The largest absolute Gasteiger partial charge is 0.477 e. The molecule has 0 rings (SSSR count). The van der Waals surface area contributed by atoms with Gasteiger partial charge in [-0.2, -0.15) is 0 Å². The van der Waals surface area contributed by atoms with Gasteiger partial charge in [0.15, 0.2) is 0 Å². The molecule has 0 unspecified atom stereocenters. The molecule has 2 N–H and O–H groups in total. The molecule has 0 aliphatic heterocycles. The summed E-state index contributed by atoms with van der Waals surface area (Å²) >= 11 is 0. The Balaban J connectivity index is 0. The van der Waals surface area contributed by atoms with E-state index in [0.717, 1.165) is 0 Å². The summed E-state index contributed by atoms with van der Waals surface area (Å²) < 4.78 is 0. The van der Waals surface area contributed by atoms with Gasteiger partial charge in [0.05, 0.1) is 0 Å². The van der Waals surface area contributed by atoms with Crippen molar-refractivity contribution in [2.45, 2.75) is 6.92 Å². The summed E-state index contributed by atoms with van der Waals surface area (Å²) in [7, 11) is 1.57. The van der Waals surface area contributed by atoms with E-state index in [1.807, 2.05) is 0 Å². The maximum Gasteiger partial charge on any atom is 0.351 e. The van der Waals surface area contributed by atoms with Crippen molar-refractivity contribution < 1.29 is 9.90 Å². The SMILES string of the molecule is C/C=C(\NC)C(=O)O.Cl. The zero-order chi connectivity index (χ0) is 6.57. The minimum atomic E-state index is -0.921. The normalized spacial score (nSPS) is 9.78. The minimum Gasteiger partial charge on any atom is -0.477 e. The Morgan fingerprint density at radius 3 is 2.11 bits per heavy atom. The summed E-state index contributed by atoms with van der Waals surface area (Å²) in [5.41, 5.74) is 0.227. The summed E-state index contributed by atoms with van der Waals surface area (Å²) in [5.74, 6) is -0.921. The lowest BCUT2D eigenvalue weighted by atomic mass is 10.4. The standard InChI is InChI=1S/C5H9NO2.ClH/c1-3-4(6-2)5(7)8;/h3,6H,1-2H3,(H,7,8);1H/b4-3-;. The van der Waals surface area contributed by atoms with E-state index in [-0.39, 0.29) is 18.1 Å². The molecule has 0 aromatic rings. The van der Waals surface area contributed by atoms with Gasteiger partial charge in [-0.1, -0.05) is 6.08 Å². The Morgan fingerprint density at radius 2 is 2.11 bits per heavy atom. The van der Waals surface area contributed by atoms with Gasteiger partial charge in [-0.3, -0.25) is 0 Å². The lowest BCUT2D eigenvalue weighted by molar-refractivity contribution is -0.133. The minimum absolute atomic E-state index is 0. The molecular formula is C5H10ClNO2. The number of carboxylic acids is 1. The molecule has 9 heavy (non-hydrogen) atoms. The van der Waals surface area contributed by atoms with Gasteiger partial charge in [0.1, 0.15) is 5.70 Å². The number of rotatable bonds is 2. The number of likely N-dealkylation sites (N-methyl/N-ethyl adjacent to an activating group) is 1. The maximum absolute atomic E-state index is 10.0. The predicted molar refractivity (Wildman–Crippen MR) is 37.7 cm³/mol. The second-order valence-electron chi connectivity index (χ2n) is 1.26. The van der Waals surface area contributed by atoms with E-state index in [1.54, 1.807) is 14.0 Å². The van der Waals surface area contributed by atoms with Crippen molar-refractivity contribution in [1.29, 1.82) is 0 Å². The molecular weight excluding hydrogens is 142 g/mol. The van der Waals surface area contributed by atoms with E-state index in [9.17, 15) is 4.79 Å². The van der Waals surface area contributed by atoms with E-state index in [2.05, 4.69) is 5.32 Å². The van der Waals surface area contributed by atoms with Crippen LogP contribution in [-0.4, -0.2) is 18.1 Å². The molecule has 0 fully saturated rings. The number of hydrogen-bond acceptors (Lipinski definition) is 2. The van der Waals surface area contributed by atoms with Crippen molar-refractivity contribution in [2.75, 3.05) is 7.05 Å². The van der Waals surface area contributed by atoms with Crippen LogP contribution in [0.25, 0.3) is 0 Å². The summed E-state index contributed by atoms with van der Waals surface area (Å²) in [6.45, 7) is 1.67. The first-order valence-corrected chi connectivity index (χ1v) is 2.29. The molecule has 0 aromatic heterocycles. The number of halogens is 1. The highest BCUT2D eigenvalue weighted by Crippen LogP contribution is 1.83. The molecule has 0 atom stereocenters. The molecule has 4 heteroatoms. The number of carboxylic acid groups (broad SMARTS) is 1. The van der Waals surface area contributed by atoms with Crippen LogP contribution in [-0.2, 0) is 4.79 Å². The third-order valence-electron chi connectivity index (χ3n) is 0.788. The molecule has 0 heterocycles. The van der Waals surface area contributed by atoms with Gasteiger partial charge in [-0.15, -0.1) is 12.4 Å². The van der Waals surface area contributed by atoms with Crippen molar-refractivity contribution in [2.24, 2.45) is 0 Å². The predicted octanol–water partition coefficient (Wildman–Crippen LogP) is 0.616. The summed E-state index contributed by atoms with van der Waals surface area (Å²) in [4.78, 5) is 10.0. The molecule has 0 aliphatic carbocycles. The monoisotopic (exact) mass is 151 g/mol. The molecule has 0 bridgehead atoms. The Hall–Kier alpha value is -0.700. The van der Waals surface area contributed by atoms with Crippen molar-refractivity contribution in [3.05, 3.63) is 11.8 Å². The van der Waals surface area contributed by atoms with Crippen molar-refractivity contribution in [3.8, 4) is 0 Å². The van der Waals surface area contributed by atoms with Crippen LogP contribution in [0.3, 0.4) is 0 Å². The molecule has 0 aromatic carbocycles. The molecule has 0 aliphatic rings. The zero-order valence-electron chi connectivity index (χ0n) is 5.34. The first kappa shape index (κ1) is 11.1. The van der Waals surface area contributed by atoms with Crippen LogP contribution < -0.4 is 5.32 Å². The summed E-state index contributed by atoms with van der Waals surface area (Å²) in [5, 5.41) is 10.8. The van der Waals surface area contributed by atoms with E-state index < -0.39 is 5.97 Å². The fourth-order valence-electron chi connectivity index (χ4n) is 0.375. The van der Waals surface area contributed by atoms with Crippen LogP contribution in [0.15, 0.2) is 11.8 Å². The number of hydrogen-bond donors (Lipinski definition) is 2. The fourth-order valence-corrected chi connectivity index (χ4v) is 0.375. The van der Waals surface area contributed by atoms with Crippen molar-refractivity contribution >= 4 is 18.4 Å². The second kappa shape index (κ2) is 5.44. The van der Waals surface area contributed by atoms with Gasteiger partial charge in [0.2, 0.25) is 0 Å². The molecule has 0 radical (unpaired) electrons. The highest BCUT2D eigenvalue weighted by Gasteiger charge is 1.98. The summed E-state index contributed by atoms with van der Waals surface area (Å²) in [6, 6.07) is 0. The van der Waals surface area contributed by atoms with E-state index in [4.69, 9.17) is 5.11 Å². The van der Waals surface area contributed by atoms with E-state index in [1.165, 1.54) is 6.08 Å². The van der Waals surface area contributed by atoms with E-state index in [0.29, 0.717) is 0 Å². The van der Waals surface area contributed by atoms with Crippen LogP contribution in [0.5, 0.6) is 0 Å². The lowest BCUT2D eigenvalue weighted by Gasteiger charge is -1.95. The third-order valence-corrected chi connectivity index (χ3v) is 0.788. The molecule has 3 nitrogen and oxygen atoms in total. The van der Waals surface area contributed by atoms with Gasteiger partial charge >= 0.3 is 5.97 Å². The van der Waals surface area contributed by atoms with Gasteiger partial charge < -0.3 is 10.4 Å². The summed E-state index contributed by atoms with van der Waals surface area (Å²) in [6.07, 6.45) is 1.50. The van der Waals surface area contributed by atoms with Gasteiger partial charge in [0.25, 0.3) is 0 Å². The number of aliphatic carboxylic acids is 1. The average Bonchev–Trinajstić information content (AvgIpc) is 1.69. The van der Waals surface area contributed by atoms with Crippen LogP contribution in [0, 0.1) is 0 Å². The van der Waals surface area contributed by atoms with Crippen LogP contribution >= 0.6 is 12.4 Å². The Morgan fingerprint density at radius 1 is 1.67 bits per heavy atom. The first-order valence-electron chi connectivity index (χ1n) is 2.29. The maximum atomic E-state index is 10.0. The number of allylic oxidation sites excluding steroid dienone is 1. The van der Waals surface area contributed by atoms with Crippen LogP contribution in [0.1, 0.15) is 6.92 Å². The Labute approximate surface area is 60.2 Å². The highest BCUT2D eigenvalue weighted by molar-refractivity contribution is 5.85. The Kier molecular flexibility index (Phi) is 6.73. The second-order valence-corrected chi connectivity index (χ2v) is 1.26. The van der Waals surface area contributed by atoms with E-state index >= 15 is 0 Å². The van der Waals surface area contributed by atoms with Crippen LogP contribution in [0.4, 0.5) is 0 Å². The fraction of sp³-hybridized carbons (Fsp3) is 0.400. The molecule has 0 amide bonds. The van der Waals surface area contributed by atoms with Gasteiger partial charge in [0, 0.05) is 7.05 Å². The molecule has 0 spiro atoms. The zero-order valence-corrected chi connectivity index (χ0v) is 6.16. The van der Waals surface area contributed by atoms with Crippen molar-refractivity contribution in [3.63, 3.8) is 0 Å². The Bertz CT molecular complexity index is 122. The van der Waals surface area contributed by atoms with Crippen molar-refractivity contribution in [1.82, 2.24) is 5.32 Å². The average molecular weight is 152 g/mol. The number of carbonyl (C=O) groups is 1. The molecule has 54 valence electrons. The lowest BCUT2D eigenvalue weighted by Crippen LogP contribution is -2.14. The number of nitrogens with one attached hydrogen (secondary N) is 1. The molecule has 0 saturated carbocycles. The molecule has 0 saturated heterocycles. The van der Waals surface area contributed by atoms with Gasteiger partial charge in [-0.05, 0) is 6.92 Å². The van der Waals surface area contributed by atoms with Crippen LogP contribution in [0.2, 0.25) is 0 Å². The quantitative estimate of drug-likeness (QED) is 0.569. The highest BCUT2D eigenvalue weighted by atomic mass is 35.5.